The molecule has 1 aromatic heterocycles. The highest BCUT2D eigenvalue weighted by Crippen LogP contribution is 2.31. The molecule has 0 saturated heterocycles. The van der Waals surface area contributed by atoms with Gasteiger partial charge in [-0.05, 0) is 46.6 Å². The number of hydrogen-bond donors (Lipinski definition) is 1. The van der Waals surface area contributed by atoms with Crippen LogP contribution in [0, 0.1) is 6.92 Å². The molecule has 0 fully saturated rings. The minimum atomic E-state index is -4.43. The second-order valence-corrected chi connectivity index (χ2v) is 6.22. The van der Waals surface area contributed by atoms with Crippen LogP contribution in [0.1, 0.15) is 16.7 Å². The van der Waals surface area contributed by atoms with Crippen LogP contribution in [-0.4, -0.2) is 11.2 Å². The van der Waals surface area contributed by atoms with Crippen molar-refractivity contribution in [2.24, 2.45) is 5.10 Å². The number of hydrogen-bond acceptors (Lipinski definition) is 3. The van der Waals surface area contributed by atoms with Crippen LogP contribution in [-0.2, 0) is 6.18 Å². The van der Waals surface area contributed by atoms with Crippen molar-refractivity contribution in [1.29, 1.82) is 0 Å². The second-order valence-electron chi connectivity index (χ2n) is 4.55. The number of anilines is 1. The van der Waals surface area contributed by atoms with Gasteiger partial charge in [-0.15, -0.1) is 0 Å². The van der Waals surface area contributed by atoms with Crippen LogP contribution in [0.5, 0.6) is 0 Å². The molecule has 0 atom stereocenters. The maximum absolute atomic E-state index is 12.6. The van der Waals surface area contributed by atoms with Crippen molar-refractivity contribution < 1.29 is 13.2 Å². The van der Waals surface area contributed by atoms with Crippen LogP contribution in [0.4, 0.5) is 19.0 Å². The Balaban J connectivity index is 2.18. The Morgan fingerprint density at radius 2 is 1.96 bits per heavy atom. The van der Waals surface area contributed by atoms with Crippen molar-refractivity contribution in [2.75, 3.05) is 5.43 Å². The Morgan fingerprint density at radius 3 is 2.57 bits per heavy atom. The van der Waals surface area contributed by atoms with E-state index in [1.54, 1.807) is 12.1 Å². The van der Waals surface area contributed by atoms with Gasteiger partial charge < -0.3 is 0 Å². The molecule has 0 amide bonds. The number of alkyl halides is 3. The summed E-state index contributed by atoms with van der Waals surface area (Å²) in [5, 5.41) is 4.80. The van der Waals surface area contributed by atoms with Gasteiger partial charge in [0.05, 0.1) is 16.8 Å². The van der Waals surface area contributed by atoms with E-state index in [-0.39, 0.29) is 5.82 Å². The van der Waals surface area contributed by atoms with Crippen molar-refractivity contribution in [3.8, 4) is 0 Å². The summed E-state index contributed by atoms with van der Waals surface area (Å²) in [6.45, 7) is 1.50. The summed E-state index contributed by atoms with van der Waals surface area (Å²) in [7, 11) is 0. The average molecular weight is 427 g/mol. The molecule has 23 heavy (non-hydrogen) atoms. The van der Waals surface area contributed by atoms with E-state index in [0.717, 1.165) is 12.3 Å². The Labute approximate surface area is 148 Å². The van der Waals surface area contributed by atoms with Gasteiger partial charge in [-0.1, -0.05) is 23.2 Å². The van der Waals surface area contributed by atoms with Gasteiger partial charge >= 0.3 is 6.18 Å². The predicted molar refractivity (Wildman–Crippen MR) is 89.4 cm³/mol. The SMILES string of the molecule is Cc1cc(C(F)(F)F)cnc1N/N=C/c1cc(Cl)cc(Br)c1Cl. The fourth-order valence-corrected chi connectivity index (χ4v) is 2.67. The van der Waals surface area contributed by atoms with Crippen molar-refractivity contribution in [1.82, 2.24) is 4.98 Å². The van der Waals surface area contributed by atoms with E-state index in [1.807, 2.05) is 0 Å². The van der Waals surface area contributed by atoms with Crippen LogP contribution in [0.25, 0.3) is 0 Å². The Hall–Kier alpha value is -1.31. The minimum Gasteiger partial charge on any atom is -0.261 e. The molecule has 0 bridgehead atoms. The molecule has 2 aromatic rings. The first-order valence-electron chi connectivity index (χ1n) is 6.16. The standard InChI is InChI=1S/C14H9BrCl2F3N3/c1-7-2-9(14(18,19)20)6-21-13(7)23-22-5-8-3-10(16)4-11(15)12(8)17/h2-6H,1H3,(H,21,23)/b22-5+. The summed E-state index contributed by atoms with van der Waals surface area (Å²) < 4.78 is 38.3. The van der Waals surface area contributed by atoms with Crippen LogP contribution >= 0.6 is 39.1 Å². The smallest absolute Gasteiger partial charge is 0.261 e. The summed E-state index contributed by atoms with van der Waals surface area (Å²) in [5.74, 6) is 0.214. The molecule has 0 saturated carbocycles. The number of aryl methyl sites for hydroxylation is 1. The lowest BCUT2D eigenvalue weighted by atomic mass is 10.2. The number of nitrogens with zero attached hydrogens (tertiary/aromatic N) is 2. The average Bonchev–Trinajstić information content (AvgIpc) is 2.44. The van der Waals surface area contributed by atoms with Crippen molar-refractivity contribution in [3.63, 3.8) is 0 Å². The van der Waals surface area contributed by atoms with E-state index in [9.17, 15) is 13.2 Å². The van der Waals surface area contributed by atoms with Gasteiger partial charge in [0.25, 0.3) is 0 Å². The Bertz CT molecular complexity index is 764. The third-order valence-electron chi connectivity index (χ3n) is 2.80. The monoisotopic (exact) mass is 425 g/mol. The number of halogens is 6. The molecule has 0 aliphatic rings. The van der Waals surface area contributed by atoms with Crippen molar-refractivity contribution >= 4 is 51.2 Å². The van der Waals surface area contributed by atoms with Crippen molar-refractivity contribution in [3.05, 3.63) is 55.6 Å². The molecule has 1 N–H and O–H groups in total. The fourth-order valence-electron chi connectivity index (χ4n) is 1.68. The molecular formula is C14H9BrCl2F3N3. The number of pyridine rings is 1. The van der Waals surface area contributed by atoms with E-state index in [2.05, 4.69) is 31.4 Å². The zero-order valence-corrected chi connectivity index (χ0v) is 14.6. The zero-order chi connectivity index (χ0) is 17.2. The van der Waals surface area contributed by atoms with E-state index in [0.29, 0.717) is 25.6 Å². The molecule has 122 valence electrons. The molecule has 0 aliphatic heterocycles. The summed E-state index contributed by atoms with van der Waals surface area (Å²) >= 11 is 15.3. The molecule has 0 unspecified atom stereocenters. The highest BCUT2D eigenvalue weighted by molar-refractivity contribution is 9.10. The molecule has 0 aliphatic carbocycles. The van der Waals surface area contributed by atoms with Crippen molar-refractivity contribution in [2.45, 2.75) is 13.1 Å². The lowest BCUT2D eigenvalue weighted by molar-refractivity contribution is -0.137. The molecule has 1 heterocycles. The number of nitrogens with one attached hydrogen (secondary N) is 1. The van der Waals surface area contributed by atoms with Gasteiger partial charge in [0, 0.05) is 21.3 Å². The topological polar surface area (TPSA) is 37.3 Å². The van der Waals surface area contributed by atoms with Gasteiger partial charge in [-0.3, -0.25) is 5.43 Å². The largest absolute Gasteiger partial charge is 0.417 e. The van der Waals surface area contributed by atoms with E-state index >= 15 is 0 Å². The van der Waals surface area contributed by atoms with Crippen LogP contribution < -0.4 is 5.43 Å². The van der Waals surface area contributed by atoms with Gasteiger partial charge in [0.1, 0.15) is 5.82 Å². The summed E-state index contributed by atoms with van der Waals surface area (Å²) in [6, 6.07) is 4.23. The first-order valence-corrected chi connectivity index (χ1v) is 7.71. The lowest BCUT2D eigenvalue weighted by Crippen LogP contribution is -2.07. The van der Waals surface area contributed by atoms with Gasteiger partial charge in [-0.25, -0.2) is 4.98 Å². The normalized spacial score (nSPS) is 12.0. The molecule has 2 rings (SSSR count). The molecule has 0 radical (unpaired) electrons. The predicted octanol–water partition coefficient (Wildman–Crippen LogP) is 5.92. The summed E-state index contributed by atoms with van der Waals surface area (Å²) in [4.78, 5) is 3.72. The van der Waals surface area contributed by atoms with Gasteiger partial charge in [0.15, 0.2) is 0 Å². The summed E-state index contributed by atoms with van der Waals surface area (Å²) in [6.07, 6.45) is -2.29. The highest BCUT2D eigenvalue weighted by Gasteiger charge is 2.31. The first kappa shape index (κ1) is 18.0. The zero-order valence-electron chi connectivity index (χ0n) is 11.5. The lowest BCUT2D eigenvalue weighted by Gasteiger charge is -2.09. The number of aromatic nitrogens is 1. The third kappa shape index (κ3) is 4.59. The summed E-state index contributed by atoms with van der Waals surface area (Å²) in [5.41, 5.74) is 2.63. The second kappa shape index (κ2) is 7.07. The van der Waals surface area contributed by atoms with Crippen LogP contribution in [0.15, 0.2) is 34.0 Å². The molecule has 3 nitrogen and oxygen atoms in total. The van der Waals surface area contributed by atoms with Crippen LogP contribution in [0.2, 0.25) is 10.0 Å². The van der Waals surface area contributed by atoms with E-state index in [1.165, 1.54) is 13.1 Å². The Morgan fingerprint density at radius 1 is 1.26 bits per heavy atom. The quantitative estimate of drug-likeness (QED) is 0.375. The van der Waals surface area contributed by atoms with Gasteiger partial charge in [-0.2, -0.15) is 18.3 Å². The van der Waals surface area contributed by atoms with E-state index in [4.69, 9.17) is 23.2 Å². The number of hydrazone groups is 1. The first-order chi connectivity index (χ1) is 10.7. The fraction of sp³-hybridized carbons (Fsp3) is 0.143. The molecular weight excluding hydrogens is 418 g/mol. The molecule has 0 spiro atoms. The third-order valence-corrected chi connectivity index (χ3v) is 4.29. The Kier molecular flexibility index (Phi) is 5.54. The van der Waals surface area contributed by atoms with Crippen LogP contribution in [0.3, 0.4) is 0 Å². The number of rotatable bonds is 3. The minimum absolute atomic E-state index is 0.214. The maximum atomic E-state index is 12.6. The highest BCUT2D eigenvalue weighted by atomic mass is 79.9. The number of benzene rings is 1. The van der Waals surface area contributed by atoms with Gasteiger partial charge in [0.2, 0.25) is 0 Å². The molecule has 9 heteroatoms. The molecule has 1 aromatic carbocycles. The maximum Gasteiger partial charge on any atom is 0.417 e. The van der Waals surface area contributed by atoms with E-state index < -0.39 is 11.7 Å².